The van der Waals surface area contributed by atoms with Crippen LogP contribution in [0.3, 0.4) is 0 Å². The molecule has 1 aliphatic carbocycles. The first-order chi connectivity index (χ1) is 8.40. The molecule has 0 aromatic carbocycles. The van der Waals surface area contributed by atoms with Crippen molar-refractivity contribution in [2.24, 2.45) is 0 Å². The first-order valence-corrected chi connectivity index (χ1v) is 6.21. The van der Waals surface area contributed by atoms with E-state index in [1.54, 1.807) is 20.8 Å². The number of carbonyl (C=O) groups excluding carboxylic acids is 2. The zero-order chi connectivity index (χ0) is 13.6. The van der Waals surface area contributed by atoms with E-state index in [2.05, 4.69) is 17.5 Å². The van der Waals surface area contributed by atoms with E-state index in [1.165, 1.54) is 0 Å². The van der Waals surface area contributed by atoms with Crippen molar-refractivity contribution in [3.05, 3.63) is 23.8 Å². The molecule has 1 atom stereocenters. The summed E-state index contributed by atoms with van der Waals surface area (Å²) in [5, 5.41) is 2.57. The number of carbonyl (C=O) groups is 2. The Bertz CT molecular complexity index is 364. The zero-order valence-corrected chi connectivity index (χ0v) is 11.2. The van der Waals surface area contributed by atoms with Gasteiger partial charge in [0.15, 0.2) is 0 Å². The number of amides is 1. The van der Waals surface area contributed by atoms with Crippen molar-refractivity contribution in [2.45, 2.75) is 51.7 Å². The first-order valence-electron chi connectivity index (χ1n) is 6.21. The summed E-state index contributed by atoms with van der Waals surface area (Å²) in [5.74, 6) is 0. The van der Waals surface area contributed by atoms with Gasteiger partial charge in [-0.05, 0) is 45.6 Å². The lowest BCUT2D eigenvalue weighted by atomic mass is 10.0. The summed E-state index contributed by atoms with van der Waals surface area (Å²) in [6, 6.07) is -0.533. The average molecular weight is 251 g/mol. The molecule has 4 heteroatoms. The van der Waals surface area contributed by atoms with Crippen LogP contribution in [0.1, 0.15) is 40.0 Å². The fourth-order valence-electron chi connectivity index (χ4n) is 1.67. The van der Waals surface area contributed by atoms with Gasteiger partial charge in [-0.1, -0.05) is 18.2 Å². The van der Waals surface area contributed by atoms with Gasteiger partial charge < -0.3 is 14.8 Å². The van der Waals surface area contributed by atoms with Gasteiger partial charge in [0, 0.05) is 0 Å². The van der Waals surface area contributed by atoms with Crippen LogP contribution in [0, 0.1) is 0 Å². The van der Waals surface area contributed by atoms with Crippen molar-refractivity contribution in [1.82, 2.24) is 5.32 Å². The molecule has 0 aromatic rings. The Balaban J connectivity index is 2.47. The Labute approximate surface area is 108 Å². The summed E-state index contributed by atoms with van der Waals surface area (Å²) in [6.45, 7) is 5.36. The minimum absolute atomic E-state index is 0.513. The van der Waals surface area contributed by atoms with Gasteiger partial charge in [-0.15, -0.1) is 0 Å². The van der Waals surface area contributed by atoms with Gasteiger partial charge in [0.05, 0.1) is 6.04 Å². The molecule has 0 aromatic heterocycles. The largest absolute Gasteiger partial charge is 0.444 e. The minimum atomic E-state index is -0.556. The number of hydrogen-bond acceptors (Lipinski definition) is 3. The Hall–Kier alpha value is -1.58. The van der Waals surface area contributed by atoms with E-state index in [1.807, 2.05) is 6.08 Å². The number of rotatable bonds is 4. The van der Waals surface area contributed by atoms with Crippen LogP contribution in [0.2, 0.25) is 0 Å². The highest BCUT2D eigenvalue weighted by Crippen LogP contribution is 2.15. The molecule has 0 radical (unpaired) electrons. The molecule has 0 fully saturated rings. The molecule has 0 saturated heterocycles. The molecular formula is C14H21NO3. The van der Waals surface area contributed by atoms with Crippen LogP contribution in [0.5, 0.6) is 0 Å². The number of aldehydes is 1. The Morgan fingerprint density at radius 2 is 2.22 bits per heavy atom. The summed E-state index contributed by atoms with van der Waals surface area (Å²) >= 11 is 0. The van der Waals surface area contributed by atoms with Crippen molar-refractivity contribution >= 4 is 12.4 Å². The van der Waals surface area contributed by atoms with Crippen molar-refractivity contribution in [3.8, 4) is 0 Å². The van der Waals surface area contributed by atoms with Crippen LogP contribution in [0.4, 0.5) is 4.79 Å². The van der Waals surface area contributed by atoms with Gasteiger partial charge >= 0.3 is 6.09 Å². The van der Waals surface area contributed by atoms with E-state index in [4.69, 9.17) is 4.74 Å². The topological polar surface area (TPSA) is 55.4 Å². The smallest absolute Gasteiger partial charge is 0.408 e. The molecule has 1 unspecified atom stereocenters. The molecule has 0 saturated carbocycles. The quantitative estimate of drug-likeness (QED) is 0.782. The molecule has 1 aliphatic rings. The summed E-state index contributed by atoms with van der Waals surface area (Å²) in [4.78, 5) is 22.5. The normalized spacial score (nSPS) is 16.7. The fourth-order valence-corrected chi connectivity index (χ4v) is 1.67. The standard InChI is InChI=1S/C14H21NO3/c1-14(2,3)18-13(17)15-12(10-16)9-11-7-5-4-6-8-11/h5,7-8,10,12H,4,6,9H2,1-3H3,(H,15,17). The highest BCUT2D eigenvalue weighted by Gasteiger charge is 2.19. The number of ether oxygens (including phenoxy) is 1. The molecule has 4 nitrogen and oxygen atoms in total. The lowest BCUT2D eigenvalue weighted by Crippen LogP contribution is -2.40. The second-order valence-electron chi connectivity index (χ2n) is 5.35. The molecule has 0 aliphatic heterocycles. The van der Waals surface area contributed by atoms with Crippen molar-refractivity contribution < 1.29 is 14.3 Å². The van der Waals surface area contributed by atoms with Gasteiger partial charge in [0.2, 0.25) is 0 Å². The lowest BCUT2D eigenvalue weighted by molar-refractivity contribution is -0.109. The molecule has 1 rings (SSSR count). The van der Waals surface area contributed by atoms with E-state index in [9.17, 15) is 9.59 Å². The highest BCUT2D eigenvalue weighted by atomic mass is 16.6. The second kappa shape index (κ2) is 6.38. The maximum atomic E-state index is 11.5. The Morgan fingerprint density at radius 1 is 1.50 bits per heavy atom. The highest BCUT2D eigenvalue weighted by molar-refractivity contribution is 5.73. The maximum absolute atomic E-state index is 11.5. The van der Waals surface area contributed by atoms with Crippen molar-refractivity contribution in [1.29, 1.82) is 0 Å². The predicted octanol–water partition coefficient (Wildman–Crippen LogP) is 2.75. The minimum Gasteiger partial charge on any atom is -0.444 e. The van der Waals surface area contributed by atoms with E-state index < -0.39 is 17.7 Å². The number of nitrogens with one attached hydrogen (secondary N) is 1. The molecule has 0 spiro atoms. The predicted molar refractivity (Wildman–Crippen MR) is 70.3 cm³/mol. The third-order valence-corrected chi connectivity index (χ3v) is 2.39. The number of allylic oxidation sites excluding steroid dienone is 3. The van der Waals surface area contributed by atoms with E-state index in [-0.39, 0.29) is 0 Å². The van der Waals surface area contributed by atoms with Crippen molar-refractivity contribution in [2.75, 3.05) is 0 Å². The van der Waals surface area contributed by atoms with E-state index in [0.29, 0.717) is 6.42 Å². The van der Waals surface area contributed by atoms with Gasteiger partial charge in [-0.25, -0.2) is 4.79 Å². The van der Waals surface area contributed by atoms with Gasteiger partial charge in [0.25, 0.3) is 0 Å². The molecule has 0 bridgehead atoms. The second-order valence-corrected chi connectivity index (χ2v) is 5.35. The third-order valence-electron chi connectivity index (χ3n) is 2.39. The fraction of sp³-hybridized carbons (Fsp3) is 0.571. The Kier molecular flexibility index (Phi) is 5.13. The molecule has 1 amide bonds. The van der Waals surface area contributed by atoms with Gasteiger partial charge in [-0.2, -0.15) is 0 Å². The zero-order valence-electron chi connectivity index (χ0n) is 11.2. The molecule has 100 valence electrons. The summed E-state index contributed by atoms with van der Waals surface area (Å²) in [5.41, 5.74) is 0.524. The molecule has 1 N–H and O–H groups in total. The van der Waals surface area contributed by atoms with Crippen LogP contribution in [-0.2, 0) is 9.53 Å². The molecule has 0 heterocycles. The van der Waals surface area contributed by atoms with E-state index >= 15 is 0 Å². The molecule has 18 heavy (non-hydrogen) atoms. The van der Waals surface area contributed by atoms with Gasteiger partial charge in [-0.3, -0.25) is 0 Å². The average Bonchev–Trinajstić information content (AvgIpc) is 2.27. The SMILES string of the molecule is CC(C)(C)OC(=O)NC(C=O)CC1=CCCC=C1. The monoisotopic (exact) mass is 251 g/mol. The molecular weight excluding hydrogens is 230 g/mol. The summed E-state index contributed by atoms with van der Waals surface area (Å²) in [6.07, 6.45) is 8.89. The van der Waals surface area contributed by atoms with E-state index in [0.717, 1.165) is 24.7 Å². The van der Waals surface area contributed by atoms with Crippen molar-refractivity contribution in [3.63, 3.8) is 0 Å². The van der Waals surface area contributed by atoms with Crippen LogP contribution >= 0.6 is 0 Å². The maximum Gasteiger partial charge on any atom is 0.408 e. The summed E-state index contributed by atoms with van der Waals surface area (Å²) < 4.78 is 5.11. The van der Waals surface area contributed by atoms with Gasteiger partial charge in [0.1, 0.15) is 11.9 Å². The third kappa shape index (κ3) is 5.66. The number of hydrogen-bond donors (Lipinski definition) is 1. The Morgan fingerprint density at radius 3 is 2.72 bits per heavy atom. The first kappa shape index (κ1) is 14.5. The van der Waals surface area contributed by atoms with Crippen LogP contribution in [0.15, 0.2) is 23.8 Å². The van der Waals surface area contributed by atoms with Crippen LogP contribution < -0.4 is 5.32 Å². The lowest BCUT2D eigenvalue weighted by Gasteiger charge is -2.21. The number of alkyl carbamates (subject to hydrolysis) is 1. The van der Waals surface area contributed by atoms with Crippen LogP contribution in [0.25, 0.3) is 0 Å². The summed E-state index contributed by atoms with van der Waals surface area (Å²) in [7, 11) is 0. The van der Waals surface area contributed by atoms with Crippen LogP contribution in [-0.4, -0.2) is 24.0 Å².